The third kappa shape index (κ3) is 4.08. The van der Waals surface area contributed by atoms with E-state index in [4.69, 9.17) is 4.74 Å². The first-order chi connectivity index (χ1) is 14.1. The Hall–Kier alpha value is -2.98. The summed E-state index contributed by atoms with van der Waals surface area (Å²) in [5, 5.41) is 8.50. The van der Waals surface area contributed by atoms with Gasteiger partial charge >= 0.3 is 0 Å². The van der Waals surface area contributed by atoms with E-state index in [1.165, 1.54) is 4.31 Å². The SMILES string of the molecule is CCOc1ccc(S(=O)(=O)N2CCN(c3ccc(-n4ccnc4)nn3)CC2)cc1. The van der Waals surface area contributed by atoms with E-state index < -0.39 is 10.0 Å². The van der Waals surface area contributed by atoms with Crippen LogP contribution < -0.4 is 9.64 Å². The van der Waals surface area contributed by atoms with Crippen molar-refractivity contribution in [2.45, 2.75) is 11.8 Å². The smallest absolute Gasteiger partial charge is 0.243 e. The Morgan fingerprint density at radius 2 is 1.66 bits per heavy atom. The van der Waals surface area contributed by atoms with Gasteiger partial charge < -0.3 is 9.64 Å². The Labute approximate surface area is 169 Å². The Morgan fingerprint density at radius 1 is 0.966 bits per heavy atom. The molecule has 0 amide bonds. The molecule has 0 bridgehead atoms. The van der Waals surface area contributed by atoms with E-state index in [1.54, 1.807) is 47.6 Å². The fourth-order valence-electron chi connectivity index (χ4n) is 3.20. The Morgan fingerprint density at radius 3 is 2.24 bits per heavy atom. The summed E-state index contributed by atoms with van der Waals surface area (Å²) in [7, 11) is -3.53. The van der Waals surface area contributed by atoms with Gasteiger partial charge in [0.05, 0.1) is 11.5 Å². The molecule has 0 saturated carbocycles. The first kappa shape index (κ1) is 19.3. The Balaban J connectivity index is 1.40. The highest BCUT2D eigenvalue weighted by molar-refractivity contribution is 7.89. The summed E-state index contributed by atoms with van der Waals surface area (Å²) in [5.74, 6) is 2.07. The molecule has 3 heterocycles. The van der Waals surface area contributed by atoms with Gasteiger partial charge in [-0.3, -0.25) is 4.57 Å². The molecule has 1 aromatic carbocycles. The van der Waals surface area contributed by atoms with Gasteiger partial charge in [0.1, 0.15) is 12.1 Å². The van der Waals surface area contributed by atoms with Crippen molar-refractivity contribution in [1.29, 1.82) is 0 Å². The van der Waals surface area contributed by atoms with E-state index in [9.17, 15) is 8.42 Å². The van der Waals surface area contributed by atoms with Crippen LogP contribution in [0.25, 0.3) is 5.82 Å². The summed E-state index contributed by atoms with van der Waals surface area (Å²) in [4.78, 5) is 6.31. The van der Waals surface area contributed by atoms with Crippen LogP contribution >= 0.6 is 0 Å². The first-order valence-electron chi connectivity index (χ1n) is 9.38. The number of benzene rings is 1. The van der Waals surface area contributed by atoms with Gasteiger partial charge in [-0.05, 0) is 43.3 Å². The van der Waals surface area contributed by atoms with Crippen LogP contribution in [0, 0.1) is 0 Å². The monoisotopic (exact) mass is 414 g/mol. The first-order valence-corrected chi connectivity index (χ1v) is 10.8. The number of aromatic nitrogens is 4. The molecule has 152 valence electrons. The number of piperazine rings is 1. The quantitative estimate of drug-likeness (QED) is 0.604. The van der Waals surface area contributed by atoms with Crippen LogP contribution in [0.5, 0.6) is 5.75 Å². The van der Waals surface area contributed by atoms with E-state index in [2.05, 4.69) is 15.2 Å². The number of rotatable bonds is 6. The molecule has 0 unspecified atom stereocenters. The van der Waals surface area contributed by atoms with Crippen LogP contribution in [-0.4, -0.2) is 65.3 Å². The van der Waals surface area contributed by atoms with Crippen molar-refractivity contribution in [2.75, 3.05) is 37.7 Å². The molecule has 0 spiro atoms. The summed E-state index contributed by atoms with van der Waals surface area (Å²) in [5.41, 5.74) is 0. The maximum Gasteiger partial charge on any atom is 0.243 e. The molecule has 1 aliphatic heterocycles. The predicted octanol–water partition coefficient (Wildman–Crippen LogP) is 1.57. The summed E-state index contributed by atoms with van der Waals surface area (Å²) >= 11 is 0. The lowest BCUT2D eigenvalue weighted by atomic mass is 10.3. The molecule has 1 saturated heterocycles. The standard InChI is InChI=1S/C19H22N6O3S/c1-2-28-16-3-5-17(6-4-16)29(26,27)25-13-11-23(12-14-25)18-7-8-19(22-21-18)24-10-9-20-15-24/h3-10,15H,2,11-14H2,1H3. The van der Waals surface area contributed by atoms with Gasteiger partial charge in [-0.25, -0.2) is 13.4 Å². The Kier molecular flexibility index (Phi) is 5.45. The van der Waals surface area contributed by atoms with E-state index in [0.717, 1.165) is 5.82 Å². The molecule has 0 radical (unpaired) electrons. The average molecular weight is 414 g/mol. The van der Waals surface area contributed by atoms with Crippen molar-refractivity contribution in [3.8, 4) is 11.6 Å². The largest absolute Gasteiger partial charge is 0.494 e. The van der Waals surface area contributed by atoms with Crippen LogP contribution in [-0.2, 0) is 10.0 Å². The van der Waals surface area contributed by atoms with Crippen LogP contribution in [0.2, 0.25) is 0 Å². The molecule has 4 rings (SSSR count). The van der Waals surface area contributed by atoms with E-state index in [1.807, 2.05) is 24.0 Å². The van der Waals surface area contributed by atoms with Crippen molar-refractivity contribution in [3.63, 3.8) is 0 Å². The van der Waals surface area contributed by atoms with Crippen molar-refractivity contribution in [3.05, 3.63) is 55.1 Å². The minimum atomic E-state index is -3.53. The van der Waals surface area contributed by atoms with Gasteiger partial charge in [0.2, 0.25) is 10.0 Å². The highest BCUT2D eigenvalue weighted by atomic mass is 32.2. The van der Waals surface area contributed by atoms with E-state index >= 15 is 0 Å². The highest BCUT2D eigenvalue weighted by Crippen LogP contribution is 2.22. The van der Waals surface area contributed by atoms with Crippen molar-refractivity contribution in [2.24, 2.45) is 0 Å². The summed E-state index contributed by atoms with van der Waals surface area (Å²) < 4.78 is 34.5. The number of anilines is 1. The molecule has 1 fully saturated rings. The molecule has 10 heteroatoms. The second-order valence-corrected chi connectivity index (χ2v) is 8.45. The number of sulfonamides is 1. The van der Waals surface area contributed by atoms with Gasteiger partial charge in [0.15, 0.2) is 11.6 Å². The fraction of sp³-hybridized carbons (Fsp3) is 0.316. The molecule has 9 nitrogen and oxygen atoms in total. The van der Waals surface area contributed by atoms with Crippen LogP contribution in [0.4, 0.5) is 5.82 Å². The third-order valence-electron chi connectivity index (χ3n) is 4.74. The minimum absolute atomic E-state index is 0.277. The lowest BCUT2D eigenvalue weighted by Gasteiger charge is -2.34. The highest BCUT2D eigenvalue weighted by Gasteiger charge is 2.29. The maximum atomic E-state index is 12.9. The summed E-state index contributed by atoms with van der Waals surface area (Å²) in [6.45, 7) is 4.31. The molecule has 0 N–H and O–H groups in total. The number of hydrogen-bond donors (Lipinski definition) is 0. The van der Waals surface area contributed by atoms with Crippen LogP contribution in [0.15, 0.2) is 60.0 Å². The van der Waals surface area contributed by atoms with Gasteiger partial charge in [-0.15, -0.1) is 10.2 Å². The number of hydrogen-bond acceptors (Lipinski definition) is 7. The van der Waals surface area contributed by atoms with Gasteiger partial charge in [0, 0.05) is 38.6 Å². The molecular weight excluding hydrogens is 392 g/mol. The summed E-state index contributed by atoms with van der Waals surface area (Å²) in [6.07, 6.45) is 5.14. The zero-order valence-corrected chi connectivity index (χ0v) is 16.9. The molecule has 2 aromatic heterocycles. The predicted molar refractivity (Wildman–Crippen MR) is 108 cm³/mol. The summed E-state index contributed by atoms with van der Waals surface area (Å²) in [6, 6.07) is 10.3. The van der Waals surface area contributed by atoms with Crippen molar-refractivity contribution < 1.29 is 13.2 Å². The molecule has 0 aliphatic carbocycles. The second-order valence-electron chi connectivity index (χ2n) is 6.52. The molecule has 0 atom stereocenters. The number of nitrogens with zero attached hydrogens (tertiary/aromatic N) is 6. The second kappa shape index (κ2) is 8.18. The molecule has 29 heavy (non-hydrogen) atoms. The minimum Gasteiger partial charge on any atom is -0.494 e. The topological polar surface area (TPSA) is 93.5 Å². The van der Waals surface area contributed by atoms with Gasteiger partial charge in [-0.1, -0.05) is 0 Å². The third-order valence-corrected chi connectivity index (χ3v) is 6.65. The van der Waals surface area contributed by atoms with Crippen LogP contribution in [0.3, 0.4) is 0 Å². The van der Waals surface area contributed by atoms with Gasteiger partial charge in [0.25, 0.3) is 0 Å². The van der Waals surface area contributed by atoms with E-state index in [0.29, 0.717) is 44.4 Å². The fourth-order valence-corrected chi connectivity index (χ4v) is 4.62. The zero-order valence-electron chi connectivity index (χ0n) is 16.0. The normalized spacial score (nSPS) is 15.4. The number of imidazole rings is 1. The number of ether oxygens (including phenoxy) is 1. The van der Waals surface area contributed by atoms with Crippen molar-refractivity contribution in [1.82, 2.24) is 24.1 Å². The average Bonchev–Trinajstić information content (AvgIpc) is 3.30. The lowest BCUT2D eigenvalue weighted by Crippen LogP contribution is -2.49. The van der Waals surface area contributed by atoms with Gasteiger partial charge in [-0.2, -0.15) is 4.31 Å². The van der Waals surface area contributed by atoms with E-state index in [-0.39, 0.29) is 4.90 Å². The van der Waals surface area contributed by atoms with Crippen molar-refractivity contribution >= 4 is 15.8 Å². The maximum absolute atomic E-state index is 12.9. The molecule has 1 aliphatic rings. The molecular formula is C19H22N6O3S. The van der Waals surface area contributed by atoms with Crippen LogP contribution in [0.1, 0.15) is 6.92 Å². The molecule has 3 aromatic rings. The lowest BCUT2D eigenvalue weighted by molar-refractivity contribution is 0.340. The Bertz CT molecular complexity index is 1030. The zero-order chi connectivity index (χ0) is 20.3.